The van der Waals surface area contributed by atoms with E-state index in [2.05, 4.69) is 0 Å². The van der Waals surface area contributed by atoms with Gasteiger partial charge in [-0.2, -0.15) is 11.3 Å². The highest BCUT2D eigenvalue weighted by molar-refractivity contribution is 7.07. The SMILES string of the molecule is CC(O)C(N)c1ccsc1. The minimum absolute atomic E-state index is 0.230. The standard InChI is InChI=1S/C7H11NOS/c1-5(9)7(8)6-2-3-10-4-6/h2-5,7,9H,8H2,1H3. The summed E-state index contributed by atoms with van der Waals surface area (Å²) in [4.78, 5) is 0. The van der Waals surface area contributed by atoms with Crippen LogP contribution in [-0.4, -0.2) is 11.2 Å². The summed E-state index contributed by atoms with van der Waals surface area (Å²) in [7, 11) is 0. The zero-order chi connectivity index (χ0) is 7.56. The van der Waals surface area contributed by atoms with Gasteiger partial charge in [0.1, 0.15) is 0 Å². The van der Waals surface area contributed by atoms with Crippen molar-refractivity contribution in [2.45, 2.75) is 19.1 Å². The molecule has 3 N–H and O–H groups in total. The summed E-state index contributed by atoms with van der Waals surface area (Å²) >= 11 is 1.59. The van der Waals surface area contributed by atoms with Crippen LogP contribution >= 0.6 is 11.3 Å². The Kier molecular flexibility index (Phi) is 2.43. The summed E-state index contributed by atoms with van der Waals surface area (Å²) in [5.74, 6) is 0. The fraction of sp³-hybridized carbons (Fsp3) is 0.429. The van der Waals surface area contributed by atoms with Crippen LogP contribution in [0.1, 0.15) is 18.5 Å². The Bertz CT molecular complexity index is 183. The Balaban J connectivity index is 2.68. The Morgan fingerprint density at radius 3 is 2.80 bits per heavy atom. The fourth-order valence-corrected chi connectivity index (χ4v) is 1.45. The number of aliphatic hydroxyl groups is 1. The van der Waals surface area contributed by atoms with Crippen LogP contribution in [0.5, 0.6) is 0 Å². The first-order valence-electron chi connectivity index (χ1n) is 3.17. The highest BCUT2D eigenvalue weighted by Gasteiger charge is 2.10. The van der Waals surface area contributed by atoms with Gasteiger partial charge >= 0.3 is 0 Å². The van der Waals surface area contributed by atoms with Crippen LogP contribution in [0, 0.1) is 0 Å². The molecule has 0 fully saturated rings. The van der Waals surface area contributed by atoms with Crippen molar-refractivity contribution in [2.24, 2.45) is 5.73 Å². The molecule has 0 aromatic carbocycles. The predicted molar refractivity (Wildman–Crippen MR) is 42.9 cm³/mol. The van der Waals surface area contributed by atoms with Crippen molar-refractivity contribution in [3.05, 3.63) is 22.4 Å². The smallest absolute Gasteiger partial charge is 0.0705 e. The molecule has 1 rings (SSSR count). The Labute approximate surface area is 64.3 Å². The van der Waals surface area contributed by atoms with Crippen molar-refractivity contribution in [2.75, 3.05) is 0 Å². The first kappa shape index (κ1) is 7.72. The van der Waals surface area contributed by atoms with Gasteiger partial charge in [0.05, 0.1) is 12.1 Å². The van der Waals surface area contributed by atoms with Crippen molar-refractivity contribution in [1.82, 2.24) is 0 Å². The van der Waals surface area contributed by atoms with Crippen LogP contribution in [0.25, 0.3) is 0 Å². The van der Waals surface area contributed by atoms with E-state index in [1.165, 1.54) is 0 Å². The van der Waals surface area contributed by atoms with Crippen molar-refractivity contribution in [1.29, 1.82) is 0 Å². The molecule has 3 heteroatoms. The molecule has 0 bridgehead atoms. The van der Waals surface area contributed by atoms with E-state index in [0.717, 1.165) is 5.56 Å². The zero-order valence-corrected chi connectivity index (χ0v) is 6.64. The number of rotatable bonds is 2. The molecule has 0 saturated carbocycles. The van der Waals surface area contributed by atoms with Crippen LogP contribution in [-0.2, 0) is 0 Å². The van der Waals surface area contributed by atoms with Crippen molar-refractivity contribution in [3.63, 3.8) is 0 Å². The maximum absolute atomic E-state index is 9.07. The van der Waals surface area contributed by atoms with E-state index in [0.29, 0.717) is 0 Å². The summed E-state index contributed by atoms with van der Waals surface area (Å²) in [6, 6.07) is 1.70. The average molecular weight is 157 g/mol. The van der Waals surface area contributed by atoms with Gasteiger partial charge in [0.25, 0.3) is 0 Å². The second kappa shape index (κ2) is 3.14. The molecule has 1 aromatic heterocycles. The maximum Gasteiger partial charge on any atom is 0.0705 e. The van der Waals surface area contributed by atoms with Crippen molar-refractivity contribution in [3.8, 4) is 0 Å². The quantitative estimate of drug-likeness (QED) is 0.676. The van der Waals surface area contributed by atoms with E-state index in [-0.39, 0.29) is 6.04 Å². The molecule has 56 valence electrons. The van der Waals surface area contributed by atoms with Crippen LogP contribution in [0.3, 0.4) is 0 Å². The topological polar surface area (TPSA) is 46.2 Å². The highest BCUT2D eigenvalue weighted by Crippen LogP contribution is 2.16. The van der Waals surface area contributed by atoms with E-state index < -0.39 is 6.10 Å². The van der Waals surface area contributed by atoms with Crippen LogP contribution < -0.4 is 5.73 Å². The van der Waals surface area contributed by atoms with Gasteiger partial charge < -0.3 is 10.8 Å². The van der Waals surface area contributed by atoms with Gasteiger partial charge in [-0.3, -0.25) is 0 Å². The van der Waals surface area contributed by atoms with Gasteiger partial charge in [-0.15, -0.1) is 0 Å². The third-order valence-electron chi connectivity index (χ3n) is 1.45. The summed E-state index contributed by atoms with van der Waals surface area (Å²) in [5, 5.41) is 13.0. The lowest BCUT2D eigenvalue weighted by atomic mass is 10.1. The minimum Gasteiger partial charge on any atom is -0.391 e. The van der Waals surface area contributed by atoms with Crippen LogP contribution in [0.4, 0.5) is 0 Å². The van der Waals surface area contributed by atoms with Gasteiger partial charge in [0.15, 0.2) is 0 Å². The van der Waals surface area contributed by atoms with Gasteiger partial charge in [0, 0.05) is 0 Å². The summed E-state index contributed by atoms with van der Waals surface area (Å²) in [6.45, 7) is 1.70. The molecular weight excluding hydrogens is 146 g/mol. The summed E-state index contributed by atoms with van der Waals surface area (Å²) in [5.41, 5.74) is 6.65. The molecule has 1 aromatic rings. The second-order valence-corrected chi connectivity index (χ2v) is 3.10. The third kappa shape index (κ3) is 1.56. The Morgan fingerprint density at radius 2 is 2.40 bits per heavy atom. The third-order valence-corrected chi connectivity index (χ3v) is 2.15. The lowest BCUT2D eigenvalue weighted by molar-refractivity contribution is 0.164. The number of hydrogen-bond acceptors (Lipinski definition) is 3. The van der Waals surface area contributed by atoms with Crippen LogP contribution in [0.2, 0.25) is 0 Å². The molecule has 2 unspecified atom stereocenters. The molecule has 2 atom stereocenters. The molecule has 0 aliphatic heterocycles. The van der Waals surface area contributed by atoms with E-state index in [1.54, 1.807) is 18.3 Å². The fourth-order valence-electron chi connectivity index (χ4n) is 0.743. The highest BCUT2D eigenvalue weighted by atomic mass is 32.1. The molecule has 2 nitrogen and oxygen atoms in total. The van der Waals surface area contributed by atoms with Gasteiger partial charge in [0.2, 0.25) is 0 Å². The second-order valence-electron chi connectivity index (χ2n) is 2.32. The monoisotopic (exact) mass is 157 g/mol. The minimum atomic E-state index is -0.463. The number of thiophene rings is 1. The van der Waals surface area contributed by atoms with Crippen LogP contribution in [0.15, 0.2) is 16.8 Å². The molecule has 1 heterocycles. The summed E-state index contributed by atoms with van der Waals surface area (Å²) in [6.07, 6.45) is -0.463. The first-order valence-corrected chi connectivity index (χ1v) is 4.12. The van der Waals surface area contributed by atoms with Gasteiger partial charge in [-0.25, -0.2) is 0 Å². The maximum atomic E-state index is 9.07. The van der Waals surface area contributed by atoms with Crippen molar-refractivity contribution < 1.29 is 5.11 Å². The number of aliphatic hydroxyl groups excluding tert-OH is 1. The largest absolute Gasteiger partial charge is 0.391 e. The Morgan fingerprint density at radius 1 is 1.70 bits per heavy atom. The number of hydrogen-bond donors (Lipinski definition) is 2. The molecule has 0 radical (unpaired) electrons. The van der Waals surface area contributed by atoms with E-state index >= 15 is 0 Å². The molecule has 0 spiro atoms. The molecular formula is C7H11NOS. The lowest BCUT2D eigenvalue weighted by Gasteiger charge is -2.11. The molecule has 10 heavy (non-hydrogen) atoms. The average Bonchev–Trinajstić information content (AvgIpc) is 2.36. The van der Waals surface area contributed by atoms with E-state index in [1.807, 2.05) is 16.8 Å². The normalized spacial score (nSPS) is 16.7. The van der Waals surface area contributed by atoms with E-state index in [9.17, 15) is 0 Å². The predicted octanol–water partition coefficient (Wildman–Crippen LogP) is 1.13. The molecule has 0 aliphatic carbocycles. The van der Waals surface area contributed by atoms with Gasteiger partial charge in [-0.1, -0.05) is 0 Å². The molecule has 0 saturated heterocycles. The summed E-state index contributed by atoms with van der Waals surface area (Å²) < 4.78 is 0. The first-order chi connectivity index (χ1) is 4.72. The van der Waals surface area contributed by atoms with Gasteiger partial charge in [-0.05, 0) is 29.3 Å². The zero-order valence-electron chi connectivity index (χ0n) is 5.82. The number of nitrogens with two attached hydrogens (primary N) is 1. The van der Waals surface area contributed by atoms with E-state index in [4.69, 9.17) is 10.8 Å². The van der Waals surface area contributed by atoms with Crippen molar-refractivity contribution >= 4 is 11.3 Å². The Hall–Kier alpha value is -0.380. The molecule has 0 amide bonds. The lowest BCUT2D eigenvalue weighted by Crippen LogP contribution is -2.22. The molecule has 0 aliphatic rings.